The molecule has 0 aliphatic carbocycles. The standard InChI is InChI=1S/C27H19FN2O5S/c1-14-6-8-18-21(12-14)36-27(29-18)30-23(16-4-2-3-5-17(16)28)22(25(32)26(30)33)24(31)15-7-9-19-20(13-15)35-11-10-34-19/h2-9,12-13,23,31H,10-11H2,1H3/b24-22+/t23-/m1/s1. The minimum absolute atomic E-state index is 0.0752. The van der Waals surface area contributed by atoms with Gasteiger partial charge >= 0.3 is 5.91 Å². The lowest BCUT2D eigenvalue weighted by atomic mass is 9.95. The first kappa shape index (κ1) is 22.2. The van der Waals surface area contributed by atoms with Gasteiger partial charge in [-0.1, -0.05) is 35.6 Å². The van der Waals surface area contributed by atoms with E-state index in [1.54, 1.807) is 18.2 Å². The minimum atomic E-state index is -1.21. The van der Waals surface area contributed by atoms with Crippen LogP contribution in [0.25, 0.3) is 16.0 Å². The second-order valence-corrected chi connectivity index (χ2v) is 9.53. The fourth-order valence-corrected chi connectivity index (χ4v) is 5.58. The SMILES string of the molecule is Cc1ccc2nc(N3C(=O)C(=O)/C(=C(/O)c4ccc5c(c4)OCCO5)[C@H]3c3ccccc3F)sc2c1. The molecule has 0 spiro atoms. The van der Waals surface area contributed by atoms with E-state index in [9.17, 15) is 14.7 Å². The summed E-state index contributed by atoms with van der Waals surface area (Å²) >= 11 is 1.23. The Hall–Kier alpha value is -4.24. The normalized spacial score (nSPS) is 18.7. The number of hydrogen-bond donors (Lipinski definition) is 1. The van der Waals surface area contributed by atoms with Gasteiger partial charge in [0.2, 0.25) is 0 Å². The van der Waals surface area contributed by atoms with Crippen molar-refractivity contribution in [3.63, 3.8) is 0 Å². The van der Waals surface area contributed by atoms with Crippen LogP contribution in [0.4, 0.5) is 9.52 Å². The monoisotopic (exact) mass is 502 g/mol. The third kappa shape index (κ3) is 3.51. The molecule has 1 atom stereocenters. The number of aliphatic hydroxyl groups excluding tert-OH is 1. The molecule has 6 rings (SSSR count). The van der Waals surface area contributed by atoms with Gasteiger partial charge in [-0.3, -0.25) is 14.5 Å². The van der Waals surface area contributed by atoms with E-state index in [0.717, 1.165) is 10.3 Å². The highest BCUT2D eigenvalue weighted by atomic mass is 32.1. The summed E-state index contributed by atoms with van der Waals surface area (Å²) < 4.78 is 27.1. The summed E-state index contributed by atoms with van der Waals surface area (Å²) in [7, 11) is 0. The Morgan fingerprint density at radius 1 is 1.06 bits per heavy atom. The van der Waals surface area contributed by atoms with E-state index in [1.807, 2.05) is 25.1 Å². The van der Waals surface area contributed by atoms with Crippen molar-refractivity contribution < 1.29 is 28.6 Å². The number of hydrogen-bond acceptors (Lipinski definition) is 7. The average Bonchev–Trinajstić information content (AvgIpc) is 3.41. The lowest BCUT2D eigenvalue weighted by Gasteiger charge is -2.23. The number of rotatable bonds is 3. The van der Waals surface area contributed by atoms with Crippen LogP contribution in [0.3, 0.4) is 0 Å². The van der Waals surface area contributed by atoms with E-state index in [1.165, 1.54) is 40.5 Å². The number of fused-ring (bicyclic) bond motifs is 2. The van der Waals surface area contributed by atoms with Gasteiger partial charge in [-0.25, -0.2) is 9.37 Å². The van der Waals surface area contributed by atoms with Gasteiger partial charge in [0.05, 0.1) is 15.8 Å². The maximum Gasteiger partial charge on any atom is 0.301 e. The van der Waals surface area contributed by atoms with E-state index < -0.39 is 29.3 Å². The quantitative estimate of drug-likeness (QED) is 0.237. The highest BCUT2D eigenvalue weighted by Crippen LogP contribution is 2.45. The summed E-state index contributed by atoms with van der Waals surface area (Å²) in [5.74, 6) is -1.95. The zero-order chi connectivity index (χ0) is 25.0. The lowest BCUT2D eigenvalue weighted by molar-refractivity contribution is -0.132. The number of halogens is 1. The van der Waals surface area contributed by atoms with Crippen LogP contribution in [0.5, 0.6) is 11.5 Å². The van der Waals surface area contributed by atoms with Crippen LogP contribution in [0.2, 0.25) is 0 Å². The first-order valence-corrected chi connectivity index (χ1v) is 12.1. The van der Waals surface area contributed by atoms with Gasteiger partial charge in [0.1, 0.15) is 30.8 Å². The molecule has 1 saturated heterocycles. The predicted molar refractivity (Wildman–Crippen MR) is 133 cm³/mol. The van der Waals surface area contributed by atoms with Gasteiger partial charge in [-0.05, 0) is 48.9 Å². The van der Waals surface area contributed by atoms with Crippen molar-refractivity contribution in [3.8, 4) is 11.5 Å². The summed E-state index contributed by atoms with van der Waals surface area (Å²) in [5.41, 5.74) is 1.77. The van der Waals surface area contributed by atoms with Crippen molar-refractivity contribution in [1.29, 1.82) is 0 Å². The highest BCUT2D eigenvalue weighted by Gasteiger charge is 2.49. The van der Waals surface area contributed by atoms with Crippen molar-refractivity contribution >= 4 is 44.1 Å². The molecule has 3 aromatic carbocycles. The second kappa shape index (κ2) is 8.46. The number of carbonyl (C=O) groups excluding carboxylic acids is 2. The van der Waals surface area contributed by atoms with Crippen molar-refractivity contribution in [3.05, 3.63) is 88.7 Å². The van der Waals surface area contributed by atoms with Crippen molar-refractivity contribution in [2.24, 2.45) is 0 Å². The fraction of sp³-hybridized carbons (Fsp3) is 0.148. The van der Waals surface area contributed by atoms with E-state index in [4.69, 9.17) is 9.47 Å². The zero-order valence-electron chi connectivity index (χ0n) is 19.0. The Labute approximate surface area is 209 Å². The number of ketones is 1. The number of ether oxygens (including phenoxy) is 2. The average molecular weight is 503 g/mol. The maximum absolute atomic E-state index is 15.1. The molecule has 3 heterocycles. The number of aliphatic hydroxyl groups is 1. The van der Waals surface area contributed by atoms with Gasteiger partial charge < -0.3 is 14.6 Å². The smallest absolute Gasteiger partial charge is 0.301 e. The molecule has 0 saturated carbocycles. The molecular formula is C27H19FN2O5S. The molecule has 1 amide bonds. The Morgan fingerprint density at radius 3 is 2.64 bits per heavy atom. The molecule has 4 aromatic rings. The Balaban J connectivity index is 1.55. The van der Waals surface area contributed by atoms with Crippen molar-refractivity contribution in [1.82, 2.24) is 4.98 Å². The molecule has 0 radical (unpaired) electrons. The first-order valence-electron chi connectivity index (χ1n) is 11.2. The van der Waals surface area contributed by atoms with Gasteiger partial charge in [0.15, 0.2) is 16.6 Å². The number of carbonyl (C=O) groups is 2. The number of aryl methyl sites for hydroxylation is 1. The molecule has 1 fully saturated rings. The third-order valence-electron chi connectivity index (χ3n) is 6.20. The number of benzene rings is 3. The van der Waals surface area contributed by atoms with Gasteiger partial charge in [-0.15, -0.1) is 0 Å². The van der Waals surface area contributed by atoms with Crippen LogP contribution in [0, 0.1) is 12.7 Å². The number of Topliss-reactive ketones (excluding diaryl/α,β-unsaturated/α-hetero) is 1. The Morgan fingerprint density at radius 2 is 1.83 bits per heavy atom. The number of thiazole rings is 1. The van der Waals surface area contributed by atoms with E-state index in [0.29, 0.717) is 30.2 Å². The van der Waals surface area contributed by atoms with Crippen LogP contribution in [0.1, 0.15) is 22.7 Å². The largest absolute Gasteiger partial charge is 0.507 e. The maximum atomic E-state index is 15.1. The molecular weight excluding hydrogens is 483 g/mol. The summed E-state index contributed by atoms with van der Waals surface area (Å²) in [6, 6.07) is 15.1. The first-order chi connectivity index (χ1) is 17.4. The molecule has 7 nitrogen and oxygen atoms in total. The van der Waals surface area contributed by atoms with Crippen LogP contribution < -0.4 is 14.4 Å². The van der Waals surface area contributed by atoms with Gasteiger partial charge in [0, 0.05) is 11.1 Å². The molecule has 1 N–H and O–H groups in total. The molecule has 1 aromatic heterocycles. The lowest BCUT2D eigenvalue weighted by Crippen LogP contribution is -2.29. The minimum Gasteiger partial charge on any atom is -0.507 e. The summed E-state index contributed by atoms with van der Waals surface area (Å²) in [6.45, 7) is 2.68. The fourth-order valence-electron chi connectivity index (χ4n) is 4.49. The number of nitrogens with zero attached hydrogens (tertiary/aromatic N) is 2. The molecule has 9 heteroatoms. The van der Waals surface area contributed by atoms with Gasteiger partial charge in [0.25, 0.3) is 5.78 Å². The summed E-state index contributed by atoms with van der Waals surface area (Å²) in [6.07, 6.45) is 0. The topological polar surface area (TPSA) is 89.0 Å². The molecule has 180 valence electrons. The van der Waals surface area contributed by atoms with Crippen molar-refractivity contribution in [2.75, 3.05) is 18.1 Å². The van der Waals surface area contributed by atoms with Crippen LogP contribution >= 0.6 is 11.3 Å². The van der Waals surface area contributed by atoms with Crippen molar-refractivity contribution in [2.45, 2.75) is 13.0 Å². The molecule has 36 heavy (non-hydrogen) atoms. The highest BCUT2D eigenvalue weighted by molar-refractivity contribution is 7.22. The van der Waals surface area contributed by atoms with Gasteiger partial charge in [-0.2, -0.15) is 0 Å². The van der Waals surface area contributed by atoms with E-state index in [-0.39, 0.29) is 21.8 Å². The number of aromatic nitrogens is 1. The number of anilines is 1. The van der Waals surface area contributed by atoms with Crippen LogP contribution in [-0.2, 0) is 9.59 Å². The Kier molecular flexibility index (Phi) is 5.22. The van der Waals surface area contributed by atoms with Crippen LogP contribution in [-0.4, -0.2) is 35.0 Å². The second-order valence-electron chi connectivity index (χ2n) is 8.52. The predicted octanol–water partition coefficient (Wildman–Crippen LogP) is 5.14. The summed E-state index contributed by atoms with van der Waals surface area (Å²) in [5, 5.41) is 11.6. The number of amides is 1. The van der Waals surface area contributed by atoms with E-state index in [2.05, 4.69) is 4.98 Å². The molecule has 0 unspecified atom stereocenters. The third-order valence-corrected chi connectivity index (χ3v) is 7.22. The van der Waals surface area contributed by atoms with Crippen LogP contribution in [0.15, 0.2) is 66.2 Å². The molecule has 2 aliphatic heterocycles. The summed E-state index contributed by atoms with van der Waals surface area (Å²) in [4.78, 5) is 32.4. The zero-order valence-corrected chi connectivity index (χ0v) is 19.8. The van der Waals surface area contributed by atoms with E-state index >= 15 is 4.39 Å². The molecule has 2 aliphatic rings. The molecule has 0 bridgehead atoms. The Bertz CT molecular complexity index is 1590.